The molecule has 0 saturated heterocycles. The van der Waals surface area contributed by atoms with Crippen LogP contribution in [-0.2, 0) is 11.4 Å². The van der Waals surface area contributed by atoms with Gasteiger partial charge in [0.25, 0.3) is 0 Å². The second-order valence-corrected chi connectivity index (χ2v) is 5.91. The van der Waals surface area contributed by atoms with E-state index in [2.05, 4.69) is 21.1 Å². The van der Waals surface area contributed by atoms with Gasteiger partial charge >= 0.3 is 0 Å². The number of ether oxygens (including phenoxy) is 2. The third kappa shape index (κ3) is 3.85. The van der Waals surface area contributed by atoms with Crippen molar-refractivity contribution in [2.45, 2.75) is 19.1 Å². The van der Waals surface area contributed by atoms with Crippen molar-refractivity contribution in [1.29, 1.82) is 0 Å². The molecule has 1 unspecified atom stereocenters. The normalized spacial score (nSPS) is 16.6. The molecule has 23 heavy (non-hydrogen) atoms. The van der Waals surface area contributed by atoms with Gasteiger partial charge in [-0.25, -0.2) is 0 Å². The maximum absolute atomic E-state index is 5.87. The van der Waals surface area contributed by atoms with E-state index in [1.165, 1.54) is 0 Å². The largest absolute Gasteiger partial charge is 0.493 e. The van der Waals surface area contributed by atoms with E-state index < -0.39 is 0 Å². The zero-order valence-corrected chi connectivity index (χ0v) is 14.5. The van der Waals surface area contributed by atoms with E-state index in [-0.39, 0.29) is 6.10 Å². The lowest BCUT2D eigenvalue weighted by molar-refractivity contribution is 0.104. The summed E-state index contributed by atoms with van der Waals surface area (Å²) in [5.41, 5.74) is 3.05. The maximum atomic E-state index is 5.87. The fourth-order valence-electron chi connectivity index (χ4n) is 2.38. The smallest absolute Gasteiger partial charge is 0.161 e. The maximum Gasteiger partial charge on any atom is 0.161 e. The predicted molar refractivity (Wildman–Crippen MR) is 93.6 cm³/mol. The number of benzene rings is 2. The first-order chi connectivity index (χ1) is 11.3. The third-order valence-electron chi connectivity index (χ3n) is 3.64. The summed E-state index contributed by atoms with van der Waals surface area (Å²) in [5, 5.41) is 4.92. The number of nitrogens with zero attached hydrogens (tertiary/aromatic N) is 1. The first kappa shape index (κ1) is 15.9. The summed E-state index contributed by atoms with van der Waals surface area (Å²) < 4.78 is 11.3. The molecule has 1 aliphatic rings. The number of methoxy groups -OCH3 is 1. The fraction of sp³-hybridized carbons (Fsp3) is 0.278. The van der Waals surface area contributed by atoms with Crippen LogP contribution < -0.4 is 9.47 Å². The molecule has 0 spiro atoms. The average molecular weight is 376 g/mol. The molecule has 0 amide bonds. The Hall–Kier alpha value is -2.01. The molecule has 3 rings (SSSR count). The molecular weight excluding hydrogens is 358 g/mol. The lowest BCUT2D eigenvalue weighted by Gasteiger charge is -2.12. The van der Waals surface area contributed by atoms with Gasteiger partial charge in [0.1, 0.15) is 12.7 Å². The Morgan fingerprint density at radius 3 is 2.70 bits per heavy atom. The number of alkyl halides is 1. The molecule has 120 valence electrons. The lowest BCUT2D eigenvalue weighted by Crippen LogP contribution is -2.09. The Morgan fingerprint density at radius 1 is 1.17 bits per heavy atom. The topological polar surface area (TPSA) is 40.0 Å². The summed E-state index contributed by atoms with van der Waals surface area (Å²) in [6.45, 7) is 0.506. The first-order valence-corrected chi connectivity index (χ1v) is 8.56. The van der Waals surface area contributed by atoms with Gasteiger partial charge in [0.05, 0.1) is 12.8 Å². The predicted octanol–water partition coefficient (Wildman–Crippen LogP) is 4.16. The Balaban J connectivity index is 1.72. The van der Waals surface area contributed by atoms with E-state index in [0.29, 0.717) is 12.4 Å². The molecule has 1 aliphatic heterocycles. The van der Waals surface area contributed by atoms with Crippen LogP contribution in [0.2, 0.25) is 0 Å². The van der Waals surface area contributed by atoms with Gasteiger partial charge in [0.15, 0.2) is 11.5 Å². The van der Waals surface area contributed by atoms with Crippen LogP contribution in [0.15, 0.2) is 53.7 Å². The Labute approximate surface area is 144 Å². The van der Waals surface area contributed by atoms with Gasteiger partial charge in [0, 0.05) is 17.3 Å². The molecule has 0 saturated carbocycles. The van der Waals surface area contributed by atoms with Crippen molar-refractivity contribution in [1.82, 2.24) is 0 Å². The number of hydrogen-bond donors (Lipinski definition) is 0. The van der Waals surface area contributed by atoms with Crippen molar-refractivity contribution < 1.29 is 14.3 Å². The highest BCUT2D eigenvalue weighted by Gasteiger charge is 2.22. The van der Waals surface area contributed by atoms with Crippen molar-refractivity contribution in [3.8, 4) is 11.5 Å². The van der Waals surface area contributed by atoms with Crippen molar-refractivity contribution in [2.24, 2.45) is 5.16 Å². The van der Waals surface area contributed by atoms with Crippen LogP contribution in [0.1, 0.15) is 17.5 Å². The van der Waals surface area contributed by atoms with Crippen molar-refractivity contribution in [3.63, 3.8) is 0 Å². The van der Waals surface area contributed by atoms with E-state index in [1.807, 2.05) is 48.5 Å². The Kier molecular flexibility index (Phi) is 5.18. The molecule has 0 fully saturated rings. The van der Waals surface area contributed by atoms with Gasteiger partial charge in [-0.3, -0.25) is 0 Å². The number of oxime groups is 1. The summed E-state index contributed by atoms with van der Waals surface area (Å²) in [7, 11) is 1.64. The first-order valence-electron chi connectivity index (χ1n) is 7.44. The highest BCUT2D eigenvalue weighted by atomic mass is 79.9. The lowest BCUT2D eigenvalue weighted by atomic mass is 10.1. The molecule has 0 radical (unpaired) electrons. The molecule has 5 heteroatoms. The van der Waals surface area contributed by atoms with E-state index in [0.717, 1.165) is 34.3 Å². The van der Waals surface area contributed by atoms with Crippen LogP contribution in [0.3, 0.4) is 0 Å². The van der Waals surface area contributed by atoms with Crippen molar-refractivity contribution in [3.05, 3.63) is 59.7 Å². The summed E-state index contributed by atoms with van der Waals surface area (Å²) in [4.78, 5) is 5.35. The quantitative estimate of drug-likeness (QED) is 0.711. The van der Waals surface area contributed by atoms with Crippen LogP contribution in [-0.4, -0.2) is 24.3 Å². The Morgan fingerprint density at radius 2 is 2.00 bits per heavy atom. The summed E-state index contributed by atoms with van der Waals surface area (Å²) in [6.07, 6.45) is 0.892. The number of hydrogen-bond acceptors (Lipinski definition) is 4. The molecule has 0 aliphatic carbocycles. The Bertz CT molecular complexity index is 688. The van der Waals surface area contributed by atoms with E-state index >= 15 is 0 Å². The second kappa shape index (κ2) is 7.51. The number of halogens is 1. The number of rotatable bonds is 6. The van der Waals surface area contributed by atoms with Crippen LogP contribution >= 0.6 is 15.9 Å². The highest BCUT2D eigenvalue weighted by molar-refractivity contribution is 9.09. The standard InChI is InChI=1S/C18H18BrNO3/c1-21-18-9-14(16-10-15(11-19)23-20-16)7-8-17(18)22-12-13-5-3-2-4-6-13/h2-9,15H,10-12H2,1H3. The molecule has 2 aromatic carbocycles. The van der Waals surface area contributed by atoms with Crippen LogP contribution in [0.25, 0.3) is 0 Å². The summed E-state index contributed by atoms with van der Waals surface area (Å²) in [5.74, 6) is 1.42. The van der Waals surface area contributed by atoms with Gasteiger partial charge in [0.2, 0.25) is 0 Å². The molecular formula is C18H18BrNO3. The molecule has 4 nitrogen and oxygen atoms in total. The van der Waals surface area contributed by atoms with Crippen molar-refractivity contribution in [2.75, 3.05) is 12.4 Å². The highest BCUT2D eigenvalue weighted by Crippen LogP contribution is 2.30. The average Bonchev–Trinajstić information content (AvgIpc) is 3.10. The fourth-order valence-corrected chi connectivity index (χ4v) is 2.73. The third-order valence-corrected chi connectivity index (χ3v) is 4.36. The van der Waals surface area contributed by atoms with E-state index in [1.54, 1.807) is 7.11 Å². The monoisotopic (exact) mass is 375 g/mol. The minimum atomic E-state index is 0.102. The molecule has 1 atom stereocenters. The summed E-state index contributed by atoms with van der Waals surface area (Å²) in [6, 6.07) is 15.9. The molecule has 2 aromatic rings. The summed E-state index contributed by atoms with van der Waals surface area (Å²) >= 11 is 3.42. The van der Waals surface area contributed by atoms with Gasteiger partial charge in [-0.05, 0) is 23.8 Å². The van der Waals surface area contributed by atoms with Gasteiger partial charge < -0.3 is 14.3 Å². The minimum absolute atomic E-state index is 0.102. The van der Waals surface area contributed by atoms with Crippen LogP contribution in [0, 0.1) is 0 Å². The zero-order valence-electron chi connectivity index (χ0n) is 12.9. The van der Waals surface area contributed by atoms with Gasteiger partial charge in [-0.15, -0.1) is 0 Å². The second-order valence-electron chi connectivity index (χ2n) is 5.26. The van der Waals surface area contributed by atoms with E-state index in [4.69, 9.17) is 14.3 Å². The molecule has 0 bridgehead atoms. The van der Waals surface area contributed by atoms with Crippen LogP contribution in [0.4, 0.5) is 0 Å². The zero-order chi connectivity index (χ0) is 16.1. The van der Waals surface area contributed by atoms with Crippen molar-refractivity contribution >= 4 is 21.6 Å². The minimum Gasteiger partial charge on any atom is -0.493 e. The van der Waals surface area contributed by atoms with Crippen LogP contribution in [0.5, 0.6) is 11.5 Å². The molecule has 0 aromatic heterocycles. The van der Waals surface area contributed by atoms with E-state index in [9.17, 15) is 0 Å². The van der Waals surface area contributed by atoms with Gasteiger partial charge in [-0.2, -0.15) is 0 Å². The SMILES string of the molecule is COc1cc(C2=NOC(CBr)C2)ccc1OCc1ccccc1. The van der Waals surface area contributed by atoms with Gasteiger partial charge in [-0.1, -0.05) is 51.4 Å². The molecule has 1 heterocycles. The molecule has 0 N–H and O–H groups in total.